The van der Waals surface area contributed by atoms with Crippen molar-refractivity contribution in [1.82, 2.24) is 10.2 Å². The van der Waals surface area contributed by atoms with Crippen LogP contribution in [-0.4, -0.2) is 63.0 Å². The highest BCUT2D eigenvalue weighted by molar-refractivity contribution is 14.0. The van der Waals surface area contributed by atoms with Crippen LogP contribution in [0.3, 0.4) is 0 Å². The Hall–Kier alpha value is -0.280. The van der Waals surface area contributed by atoms with E-state index in [0.29, 0.717) is 22.3 Å². The maximum absolute atomic E-state index is 6.11. The van der Waals surface area contributed by atoms with Crippen LogP contribution in [0.25, 0.3) is 0 Å². The van der Waals surface area contributed by atoms with E-state index in [9.17, 15) is 0 Å². The first-order chi connectivity index (χ1) is 13.6. The fraction of sp³-hybridized carbons (Fsp3) is 0.667. The van der Waals surface area contributed by atoms with Gasteiger partial charge in [0.15, 0.2) is 5.96 Å². The Morgan fingerprint density at radius 2 is 1.90 bits per heavy atom. The first-order valence-electron chi connectivity index (χ1n) is 10.3. The summed E-state index contributed by atoms with van der Waals surface area (Å²) in [6.45, 7) is 4.33. The summed E-state index contributed by atoms with van der Waals surface area (Å²) in [6.07, 6.45) is 7.10. The summed E-state index contributed by atoms with van der Waals surface area (Å²) >= 11 is 12.1. The van der Waals surface area contributed by atoms with E-state index in [4.69, 9.17) is 32.7 Å². The van der Waals surface area contributed by atoms with Gasteiger partial charge in [0.2, 0.25) is 0 Å². The zero-order valence-electron chi connectivity index (χ0n) is 17.0. The van der Waals surface area contributed by atoms with Gasteiger partial charge in [-0.2, -0.15) is 0 Å². The van der Waals surface area contributed by atoms with Gasteiger partial charge in [-0.15, -0.1) is 24.0 Å². The van der Waals surface area contributed by atoms with E-state index >= 15 is 0 Å². The number of ether oxygens (including phenoxy) is 2. The molecule has 2 heterocycles. The van der Waals surface area contributed by atoms with Crippen LogP contribution in [0.5, 0.6) is 0 Å². The van der Waals surface area contributed by atoms with Gasteiger partial charge in [0.25, 0.3) is 0 Å². The molecule has 2 fully saturated rings. The summed E-state index contributed by atoms with van der Waals surface area (Å²) in [7, 11) is 1.83. The minimum Gasteiger partial charge on any atom is -0.376 e. The van der Waals surface area contributed by atoms with Gasteiger partial charge in [0, 0.05) is 43.3 Å². The second-order valence-corrected chi connectivity index (χ2v) is 8.38. The molecular formula is C21H32Cl2IN3O2. The third kappa shape index (κ3) is 8.40. The Balaban J connectivity index is 0.00000300. The lowest BCUT2D eigenvalue weighted by Gasteiger charge is -2.35. The van der Waals surface area contributed by atoms with Gasteiger partial charge < -0.3 is 19.7 Å². The molecule has 3 rings (SSSR count). The molecule has 1 atom stereocenters. The zero-order valence-corrected chi connectivity index (χ0v) is 20.9. The summed E-state index contributed by atoms with van der Waals surface area (Å²) in [5.41, 5.74) is 1.12. The molecule has 0 spiro atoms. The lowest BCUT2D eigenvalue weighted by molar-refractivity contribution is -0.0721. The Morgan fingerprint density at radius 1 is 1.17 bits per heavy atom. The molecule has 1 aromatic rings. The van der Waals surface area contributed by atoms with Crippen molar-refractivity contribution in [3.05, 3.63) is 33.8 Å². The number of nitrogens with zero attached hydrogens (tertiary/aromatic N) is 2. The first-order valence-corrected chi connectivity index (χ1v) is 11.0. The fourth-order valence-electron chi connectivity index (χ4n) is 3.82. The van der Waals surface area contributed by atoms with E-state index in [1.807, 2.05) is 19.2 Å². The molecule has 1 N–H and O–H groups in total. The number of guanidine groups is 1. The van der Waals surface area contributed by atoms with Crippen molar-refractivity contribution < 1.29 is 9.47 Å². The van der Waals surface area contributed by atoms with Crippen molar-refractivity contribution in [3.8, 4) is 0 Å². The van der Waals surface area contributed by atoms with Crippen LogP contribution in [0.4, 0.5) is 0 Å². The summed E-state index contributed by atoms with van der Waals surface area (Å²) in [4.78, 5) is 6.75. The van der Waals surface area contributed by atoms with Crippen molar-refractivity contribution in [2.75, 3.05) is 39.9 Å². The number of rotatable bonds is 6. The highest BCUT2D eigenvalue weighted by Crippen LogP contribution is 2.20. The van der Waals surface area contributed by atoms with E-state index < -0.39 is 0 Å². The third-order valence-electron chi connectivity index (χ3n) is 5.36. The number of likely N-dealkylation sites (tertiary alicyclic amines) is 1. The molecule has 0 bridgehead atoms. The topological polar surface area (TPSA) is 46.1 Å². The second kappa shape index (κ2) is 13.2. The maximum Gasteiger partial charge on any atom is 0.193 e. The summed E-state index contributed by atoms with van der Waals surface area (Å²) in [5.74, 6) is 0.946. The van der Waals surface area contributed by atoms with Crippen LogP contribution in [-0.2, 0) is 15.9 Å². The highest BCUT2D eigenvalue weighted by Gasteiger charge is 2.23. The van der Waals surface area contributed by atoms with Crippen molar-refractivity contribution in [2.24, 2.45) is 4.99 Å². The van der Waals surface area contributed by atoms with Crippen LogP contribution in [0.15, 0.2) is 23.2 Å². The lowest BCUT2D eigenvalue weighted by Crippen LogP contribution is -2.47. The predicted molar refractivity (Wildman–Crippen MR) is 131 cm³/mol. The molecule has 2 aliphatic rings. The average Bonchev–Trinajstić information content (AvgIpc) is 2.70. The number of piperidine rings is 1. The van der Waals surface area contributed by atoms with Crippen molar-refractivity contribution >= 4 is 53.1 Å². The number of hydrogen-bond acceptors (Lipinski definition) is 3. The molecule has 0 saturated carbocycles. The van der Waals surface area contributed by atoms with E-state index in [0.717, 1.165) is 70.1 Å². The molecule has 0 aromatic heterocycles. The SMILES string of the molecule is CN=C(NCCc1cc(Cl)cc(Cl)c1)N1CCC(OCC2CCCCO2)CC1.I. The number of aliphatic imine (C=N–C) groups is 1. The largest absolute Gasteiger partial charge is 0.376 e. The zero-order chi connectivity index (χ0) is 19.8. The molecule has 5 nitrogen and oxygen atoms in total. The van der Waals surface area contributed by atoms with Gasteiger partial charge in [-0.05, 0) is 62.3 Å². The van der Waals surface area contributed by atoms with Crippen LogP contribution in [0, 0.1) is 0 Å². The quantitative estimate of drug-likeness (QED) is 0.312. The minimum absolute atomic E-state index is 0. The van der Waals surface area contributed by atoms with Crippen LogP contribution < -0.4 is 5.32 Å². The fourth-order valence-corrected chi connectivity index (χ4v) is 4.39. The Bertz CT molecular complexity index is 629. The summed E-state index contributed by atoms with van der Waals surface area (Å²) < 4.78 is 11.9. The number of hydrogen-bond donors (Lipinski definition) is 1. The van der Waals surface area contributed by atoms with Crippen LogP contribution >= 0.6 is 47.2 Å². The smallest absolute Gasteiger partial charge is 0.193 e. The Morgan fingerprint density at radius 3 is 2.52 bits per heavy atom. The minimum atomic E-state index is 0. The molecule has 29 heavy (non-hydrogen) atoms. The molecule has 2 aliphatic heterocycles. The number of benzene rings is 1. The van der Waals surface area contributed by atoms with Gasteiger partial charge in [-0.1, -0.05) is 23.2 Å². The van der Waals surface area contributed by atoms with Gasteiger partial charge in [0.1, 0.15) is 0 Å². The molecule has 2 saturated heterocycles. The summed E-state index contributed by atoms with van der Waals surface area (Å²) in [5, 5.41) is 4.80. The van der Waals surface area contributed by atoms with Gasteiger partial charge in [0.05, 0.1) is 18.8 Å². The molecule has 164 valence electrons. The molecular weight excluding hydrogens is 524 g/mol. The van der Waals surface area contributed by atoms with E-state index in [-0.39, 0.29) is 24.0 Å². The number of halogens is 3. The third-order valence-corrected chi connectivity index (χ3v) is 5.80. The molecule has 1 aromatic carbocycles. The van der Waals surface area contributed by atoms with Crippen molar-refractivity contribution in [2.45, 2.75) is 50.7 Å². The molecule has 0 radical (unpaired) electrons. The van der Waals surface area contributed by atoms with Crippen molar-refractivity contribution in [1.29, 1.82) is 0 Å². The monoisotopic (exact) mass is 555 g/mol. The molecule has 0 aliphatic carbocycles. The lowest BCUT2D eigenvalue weighted by atomic mass is 10.1. The molecule has 0 amide bonds. The first kappa shape index (κ1) is 25.0. The van der Waals surface area contributed by atoms with Gasteiger partial charge in [-0.3, -0.25) is 4.99 Å². The van der Waals surface area contributed by atoms with E-state index in [1.54, 1.807) is 6.07 Å². The average molecular weight is 556 g/mol. The molecule has 8 heteroatoms. The Labute approximate surface area is 201 Å². The predicted octanol–water partition coefficient (Wildman–Crippen LogP) is 4.78. The van der Waals surface area contributed by atoms with E-state index in [2.05, 4.69) is 15.2 Å². The highest BCUT2D eigenvalue weighted by atomic mass is 127. The van der Waals surface area contributed by atoms with E-state index in [1.165, 1.54) is 12.8 Å². The van der Waals surface area contributed by atoms with Crippen LogP contribution in [0.1, 0.15) is 37.7 Å². The van der Waals surface area contributed by atoms with Crippen LogP contribution in [0.2, 0.25) is 10.0 Å². The molecule has 1 unspecified atom stereocenters. The standard InChI is InChI=1S/C21H31Cl2N3O2.HI/c1-24-21(25-8-5-16-12-17(22)14-18(23)13-16)26-9-6-19(7-10-26)28-15-20-4-2-3-11-27-20;/h12-14,19-20H,2-11,15H2,1H3,(H,24,25);1H. The maximum atomic E-state index is 6.11. The normalized spacial score (nSPS) is 21.0. The van der Waals surface area contributed by atoms with Gasteiger partial charge >= 0.3 is 0 Å². The number of nitrogens with one attached hydrogen (secondary N) is 1. The second-order valence-electron chi connectivity index (χ2n) is 7.51. The van der Waals surface area contributed by atoms with Crippen molar-refractivity contribution in [3.63, 3.8) is 0 Å². The Kier molecular flexibility index (Phi) is 11.4. The van der Waals surface area contributed by atoms with Gasteiger partial charge in [-0.25, -0.2) is 0 Å². The summed E-state index contributed by atoms with van der Waals surface area (Å²) in [6, 6.07) is 5.67.